The number of ether oxygens (including phenoxy) is 1. The normalized spacial score (nSPS) is 37.5. The van der Waals surface area contributed by atoms with E-state index in [0.29, 0.717) is 17.6 Å². The number of allylic oxidation sites excluding steroid dienone is 1. The molecule has 1 fully saturated rings. The number of rotatable bonds is 3. The Kier molecular flexibility index (Phi) is 3.65. The van der Waals surface area contributed by atoms with Crippen molar-refractivity contribution in [3.63, 3.8) is 0 Å². The fourth-order valence-corrected chi connectivity index (χ4v) is 3.46. The van der Waals surface area contributed by atoms with Crippen LogP contribution in [0.3, 0.4) is 0 Å². The first-order valence-corrected chi connectivity index (χ1v) is 7.46. The van der Waals surface area contributed by atoms with Crippen molar-refractivity contribution in [2.24, 2.45) is 11.7 Å². The SMILES string of the molecule is COC1(c2noc(C3C=CC(N)C3)n2)CCCC(C)C1. The zero-order valence-corrected chi connectivity index (χ0v) is 12.2. The monoisotopic (exact) mass is 277 g/mol. The maximum absolute atomic E-state index is 5.88. The lowest BCUT2D eigenvalue weighted by Crippen LogP contribution is -2.35. The minimum atomic E-state index is -0.371. The standard InChI is InChI=1S/C15H23N3O2/c1-10-4-3-7-15(9-10,19-2)14-17-13(20-18-14)11-5-6-12(16)8-11/h5-6,10-12H,3-4,7-9,16H2,1-2H3. The first-order chi connectivity index (χ1) is 9.63. The molecule has 2 aliphatic rings. The molecule has 1 saturated carbocycles. The van der Waals surface area contributed by atoms with Gasteiger partial charge >= 0.3 is 0 Å². The Labute approximate surface area is 119 Å². The Morgan fingerprint density at radius 3 is 2.95 bits per heavy atom. The van der Waals surface area contributed by atoms with Crippen LogP contribution >= 0.6 is 0 Å². The predicted molar refractivity (Wildman–Crippen MR) is 75.1 cm³/mol. The third kappa shape index (κ3) is 2.40. The molecule has 0 amide bonds. The largest absolute Gasteiger partial charge is 0.370 e. The van der Waals surface area contributed by atoms with E-state index in [1.807, 2.05) is 6.08 Å². The molecule has 0 aliphatic heterocycles. The van der Waals surface area contributed by atoms with Gasteiger partial charge in [0.05, 0.1) is 5.92 Å². The summed E-state index contributed by atoms with van der Waals surface area (Å²) in [4.78, 5) is 4.62. The van der Waals surface area contributed by atoms with Gasteiger partial charge in [-0.2, -0.15) is 4.98 Å². The molecule has 1 aromatic heterocycles. The fourth-order valence-electron chi connectivity index (χ4n) is 3.46. The van der Waals surface area contributed by atoms with Crippen LogP contribution in [0.1, 0.15) is 56.7 Å². The fraction of sp³-hybridized carbons (Fsp3) is 0.733. The van der Waals surface area contributed by atoms with Gasteiger partial charge in [-0.05, 0) is 31.6 Å². The number of methoxy groups -OCH3 is 1. The van der Waals surface area contributed by atoms with E-state index < -0.39 is 0 Å². The summed E-state index contributed by atoms with van der Waals surface area (Å²) in [7, 11) is 1.75. The van der Waals surface area contributed by atoms with Crippen molar-refractivity contribution in [1.82, 2.24) is 10.1 Å². The second-order valence-corrected chi connectivity index (χ2v) is 6.25. The van der Waals surface area contributed by atoms with E-state index in [-0.39, 0.29) is 17.6 Å². The Bertz CT molecular complexity index is 499. The lowest BCUT2D eigenvalue weighted by molar-refractivity contribution is -0.0658. The van der Waals surface area contributed by atoms with Crippen molar-refractivity contribution in [3.8, 4) is 0 Å². The lowest BCUT2D eigenvalue weighted by Gasteiger charge is -2.36. The minimum Gasteiger partial charge on any atom is -0.370 e. The van der Waals surface area contributed by atoms with Crippen LogP contribution in [0, 0.1) is 5.92 Å². The van der Waals surface area contributed by atoms with Gasteiger partial charge in [0.15, 0.2) is 0 Å². The van der Waals surface area contributed by atoms with Gasteiger partial charge in [0.2, 0.25) is 11.7 Å². The summed E-state index contributed by atoms with van der Waals surface area (Å²) in [5.74, 6) is 2.15. The van der Waals surface area contributed by atoms with Gasteiger partial charge in [0, 0.05) is 13.2 Å². The van der Waals surface area contributed by atoms with Gasteiger partial charge in [-0.15, -0.1) is 0 Å². The van der Waals surface area contributed by atoms with Crippen molar-refractivity contribution in [1.29, 1.82) is 0 Å². The molecule has 1 aromatic rings. The van der Waals surface area contributed by atoms with Crippen molar-refractivity contribution in [2.45, 2.75) is 56.6 Å². The highest BCUT2D eigenvalue weighted by molar-refractivity contribution is 5.16. The van der Waals surface area contributed by atoms with Crippen molar-refractivity contribution in [3.05, 3.63) is 23.9 Å². The number of aromatic nitrogens is 2. The average molecular weight is 277 g/mol. The van der Waals surface area contributed by atoms with E-state index in [0.717, 1.165) is 25.7 Å². The van der Waals surface area contributed by atoms with Crippen LogP contribution in [-0.2, 0) is 10.3 Å². The highest BCUT2D eigenvalue weighted by Crippen LogP contribution is 2.41. The number of nitrogens with zero attached hydrogens (tertiary/aromatic N) is 2. The summed E-state index contributed by atoms with van der Waals surface area (Å²) < 4.78 is 11.3. The van der Waals surface area contributed by atoms with Crippen LogP contribution in [-0.4, -0.2) is 23.3 Å². The van der Waals surface area contributed by atoms with Crippen LogP contribution in [0.4, 0.5) is 0 Å². The molecule has 0 bridgehead atoms. The lowest BCUT2D eigenvalue weighted by atomic mass is 9.78. The molecule has 2 N–H and O–H groups in total. The van der Waals surface area contributed by atoms with Gasteiger partial charge < -0.3 is 15.0 Å². The maximum atomic E-state index is 5.88. The molecule has 1 heterocycles. The summed E-state index contributed by atoms with van der Waals surface area (Å²) in [6.45, 7) is 2.26. The van der Waals surface area contributed by atoms with Gasteiger partial charge in [0.1, 0.15) is 5.60 Å². The second kappa shape index (κ2) is 5.30. The van der Waals surface area contributed by atoms with Crippen LogP contribution in [0.5, 0.6) is 0 Å². The van der Waals surface area contributed by atoms with Gasteiger partial charge in [-0.1, -0.05) is 30.7 Å². The molecule has 3 rings (SSSR count). The molecule has 5 heteroatoms. The number of nitrogens with two attached hydrogens (primary N) is 1. The Morgan fingerprint density at radius 2 is 2.30 bits per heavy atom. The predicted octanol–water partition coefficient (Wildman–Crippen LogP) is 2.49. The summed E-state index contributed by atoms with van der Waals surface area (Å²) >= 11 is 0. The van der Waals surface area contributed by atoms with E-state index in [1.54, 1.807) is 7.11 Å². The number of hydrogen-bond acceptors (Lipinski definition) is 5. The third-order valence-corrected chi connectivity index (χ3v) is 4.63. The van der Waals surface area contributed by atoms with Crippen LogP contribution < -0.4 is 5.73 Å². The maximum Gasteiger partial charge on any atom is 0.233 e. The zero-order valence-electron chi connectivity index (χ0n) is 12.2. The van der Waals surface area contributed by atoms with E-state index in [9.17, 15) is 0 Å². The molecule has 2 aliphatic carbocycles. The molecule has 0 saturated heterocycles. The van der Waals surface area contributed by atoms with Crippen molar-refractivity contribution in [2.75, 3.05) is 7.11 Å². The molecule has 0 radical (unpaired) electrons. The first kappa shape index (κ1) is 13.8. The van der Waals surface area contributed by atoms with Crippen LogP contribution in [0.25, 0.3) is 0 Å². The van der Waals surface area contributed by atoms with Crippen LogP contribution in [0.2, 0.25) is 0 Å². The minimum absolute atomic E-state index is 0.0986. The molecule has 4 unspecified atom stereocenters. The molecule has 5 nitrogen and oxygen atoms in total. The summed E-state index contributed by atoms with van der Waals surface area (Å²) in [6.07, 6.45) is 9.23. The highest BCUT2D eigenvalue weighted by Gasteiger charge is 2.41. The molecule has 0 aromatic carbocycles. The summed E-state index contributed by atoms with van der Waals surface area (Å²) in [6, 6.07) is 0.0986. The summed E-state index contributed by atoms with van der Waals surface area (Å²) in [5.41, 5.74) is 5.51. The Balaban J connectivity index is 1.83. The van der Waals surface area contributed by atoms with E-state index >= 15 is 0 Å². The quantitative estimate of drug-likeness (QED) is 0.859. The van der Waals surface area contributed by atoms with Gasteiger partial charge in [0.25, 0.3) is 0 Å². The molecular formula is C15H23N3O2. The number of hydrogen-bond donors (Lipinski definition) is 1. The molecular weight excluding hydrogens is 254 g/mol. The Morgan fingerprint density at radius 1 is 1.45 bits per heavy atom. The second-order valence-electron chi connectivity index (χ2n) is 6.25. The molecule has 0 spiro atoms. The Hall–Kier alpha value is -1.20. The van der Waals surface area contributed by atoms with E-state index in [4.69, 9.17) is 15.0 Å². The van der Waals surface area contributed by atoms with E-state index in [2.05, 4.69) is 23.1 Å². The zero-order chi connectivity index (χ0) is 14.2. The smallest absolute Gasteiger partial charge is 0.233 e. The summed E-state index contributed by atoms with van der Waals surface area (Å²) in [5, 5.41) is 4.20. The molecule has 4 atom stereocenters. The van der Waals surface area contributed by atoms with Gasteiger partial charge in [-0.3, -0.25) is 0 Å². The first-order valence-electron chi connectivity index (χ1n) is 7.46. The van der Waals surface area contributed by atoms with Crippen LogP contribution in [0.15, 0.2) is 16.7 Å². The highest BCUT2D eigenvalue weighted by atomic mass is 16.5. The average Bonchev–Trinajstić information content (AvgIpc) is 3.07. The van der Waals surface area contributed by atoms with Gasteiger partial charge in [-0.25, -0.2) is 0 Å². The molecule has 20 heavy (non-hydrogen) atoms. The van der Waals surface area contributed by atoms with E-state index in [1.165, 1.54) is 6.42 Å². The van der Waals surface area contributed by atoms with Crippen molar-refractivity contribution >= 4 is 0 Å². The molecule has 110 valence electrons. The third-order valence-electron chi connectivity index (χ3n) is 4.63. The topological polar surface area (TPSA) is 74.2 Å². The van der Waals surface area contributed by atoms with Crippen molar-refractivity contribution < 1.29 is 9.26 Å².